The number of aromatic nitrogens is 2. The van der Waals surface area contributed by atoms with Crippen molar-refractivity contribution in [2.75, 3.05) is 38.5 Å². The Bertz CT molecular complexity index is 775. The van der Waals surface area contributed by atoms with Crippen LogP contribution in [-0.4, -0.2) is 58.8 Å². The maximum atomic E-state index is 12.6. The van der Waals surface area contributed by atoms with E-state index in [0.29, 0.717) is 16.8 Å². The molecule has 2 amide bonds. The first-order valence-corrected chi connectivity index (χ1v) is 9.41. The molecule has 1 fully saturated rings. The van der Waals surface area contributed by atoms with Crippen molar-refractivity contribution in [2.45, 2.75) is 20.3 Å². The van der Waals surface area contributed by atoms with Crippen LogP contribution in [0.1, 0.15) is 19.0 Å². The van der Waals surface area contributed by atoms with Gasteiger partial charge in [0, 0.05) is 31.4 Å². The Morgan fingerprint density at radius 2 is 2.19 bits per heavy atom. The molecule has 0 aliphatic carbocycles. The first kappa shape index (κ1) is 18.7. The van der Waals surface area contributed by atoms with Gasteiger partial charge in [0.05, 0.1) is 10.7 Å². The Balaban J connectivity index is 1.64. The van der Waals surface area contributed by atoms with E-state index in [1.165, 1.54) is 0 Å². The average Bonchev–Trinajstić information content (AvgIpc) is 3.22. The van der Waals surface area contributed by atoms with Crippen molar-refractivity contribution in [2.24, 2.45) is 5.92 Å². The molecule has 0 saturated carbocycles. The van der Waals surface area contributed by atoms with E-state index in [-0.39, 0.29) is 6.03 Å². The monoisotopic (exact) mass is 375 g/mol. The minimum atomic E-state index is -0.0875. The molecule has 1 atom stereocenters. The highest BCUT2D eigenvalue weighted by molar-refractivity contribution is 6.32. The van der Waals surface area contributed by atoms with Crippen molar-refractivity contribution in [1.29, 1.82) is 0 Å². The molecule has 1 aliphatic rings. The molecule has 3 rings (SSSR count). The van der Waals surface area contributed by atoms with Crippen LogP contribution in [0.3, 0.4) is 0 Å². The molecule has 1 N–H and O–H groups in total. The fraction of sp³-hybridized carbons (Fsp3) is 0.474. The lowest BCUT2D eigenvalue weighted by Gasteiger charge is -2.20. The second kappa shape index (κ2) is 8.10. The standard InChI is InChI=1S/C19H26ClN5O/c1-4-23(3)12-15-9-10-24(13-15)19(26)21-18-11-14(2)25(22-18)17-8-6-5-7-16(17)20/h5-8,11,15H,4,9-10,12-13H2,1-3H3,(H,21,22,26). The molecular formula is C19H26ClN5O. The number of hydrogen-bond donors (Lipinski definition) is 1. The van der Waals surface area contributed by atoms with E-state index in [9.17, 15) is 4.79 Å². The Morgan fingerprint density at radius 1 is 1.42 bits per heavy atom. The molecule has 1 aliphatic heterocycles. The summed E-state index contributed by atoms with van der Waals surface area (Å²) in [5, 5.41) is 8.04. The van der Waals surface area contributed by atoms with Crippen LogP contribution in [0.5, 0.6) is 0 Å². The van der Waals surface area contributed by atoms with Gasteiger partial charge in [-0.15, -0.1) is 5.10 Å². The normalized spacial score (nSPS) is 17.1. The van der Waals surface area contributed by atoms with Crippen molar-refractivity contribution >= 4 is 23.4 Å². The van der Waals surface area contributed by atoms with Crippen LogP contribution in [0.2, 0.25) is 5.02 Å². The summed E-state index contributed by atoms with van der Waals surface area (Å²) in [6.07, 6.45) is 1.05. The van der Waals surface area contributed by atoms with Crippen molar-refractivity contribution in [3.05, 3.63) is 41.0 Å². The highest BCUT2D eigenvalue weighted by atomic mass is 35.5. The van der Waals surface area contributed by atoms with Gasteiger partial charge in [-0.2, -0.15) is 0 Å². The van der Waals surface area contributed by atoms with E-state index < -0.39 is 0 Å². The summed E-state index contributed by atoms with van der Waals surface area (Å²) >= 11 is 6.26. The molecule has 7 heteroatoms. The molecule has 6 nitrogen and oxygen atoms in total. The van der Waals surface area contributed by atoms with Crippen LogP contribution < -0.4 is 5.32 Å². The van der Waals surface area contributed by atoms with Crippen LogP contribution in [-0.2, 0) is 0 Å². The number of likely N-dealkylation sites (tertiary alicyclic amines) is 1. The van der Waals surface area contributed by atoms with Crippen LogP contribution in [0.15, 0.2) is 30.3 Å². The molecule has 0 bridgehead atoms. The lowest BCUT2D eigenvalue weighted by Crippen LogP contribution is -2.34. The van der Waals surface area contributed by atoms with Crippen LogP contribution in [0, 0.1) is 12.8 Å². The zero-order valence-corrected chi connectivity index (χ0v) is 16.3. The number of para-hydroxylation sites is 1. The van der Waals surface area contributed by atoms with Gasteiger partial charge in [0.1, 0.15) is 0 Å². The number of benzene rings is 1. The first-order valence-electron chi connectivity index (χ1n) is 9.04. The number of halogens is 1. The second-order valence-electron chi connectivity index (χ2n) is 6.92. The van der Waals surface area contributed by atoms with Crippen molar-refractivity contribution in [3.8, 4) is 5.69 Å². The molecule has 1 aromatic carbocycles. The smallest absolute Gasteiger partial charge is 0.323 e. The summed E-state index contributed by atoms with van der Waals surface area (Å²) in [4.78, 5) is 16.7. The maximum Gasteiger partial charge on any atom is 0.323 e. The van der Waals surface area contributed by atoms with Crippen LogP contribution in [0.4, 0.5) is 10.6 Å². The number of carbonyl (C=O) groups is 1. The molecule has 140 valence electrons. The number of aryl methyl sites for hydroxylation is 1. The molecule has 2 aromatic rings. The van der Waals surface area contributed by atoms with Gasteiger partial charge >= 0.3 is 6.03 Å². The van der Waals surface area contributed by atoms with E-state index in [1.54, 1.807) is 4.68 Å². The lowest BCUT2D eigenvalue weighted by molar-refractivity contribution is 0.218. The van der Waals surface area contributed by atoms with E-state index in [1.807, 2.05) is 42.2 Å². The molecule has 0 radical (unpaired) electrons. The van der Waals surface area contributed by atoms with Crippen molar-refractivity contribution in [3.63, 3.8) is 0 Å². The zero-order chi connectivity index (χ0) is 18.7. The topological polar surface area (TPSA) is 53.4 Å². The number of hydrogen-bond acceptors (Lipinski definition) is 3. The molecule has 1 unspecified atom stereocenters. The highest BCUT2D eigenvalue weighted by Gasteiger charge is 2.27. The van der Waals surface area contributed by atoms with Gasteiger partial charge in [0.25, 0.3) is 0 Å². The van der Waals surface area contributed by atoms with E-state index in [4.69, 9.17) is 11.6 Å². The highest BCUT2D eigenvalue weighted by Crippen LogP contribution is 2.23. The Hall–Kier alpha value is -2.05. The molecule has 1 aromatic heterocycles. The fourth-order valence-electron chi connectivity index (χ4n) is 3.33. The Kier molecular flexibility index (Phi) is 5.84. The van der Waals surface area contributed by atoms with Gasteiger partial charge in [-0.3, -0.25) is 5.32 Å². The summed E-state index contributed by atoms with van der Waals surface area (Å²) in [6.45, 7) is 7.73. The number of carbonyl (C=O) groups excluding carboxylic acids is 1. The van der Waals surface area contributed by atoms with Crippen molar-refractivity contribution < 1.29 is 4.79 Å². The van der Waals surface area contributed by atoms with Gasteiger partial charge in [-0.1, -0.05) is 30.7 Å². The van der Waals surface area contributed by atoms with Gasteiger partial charge in [0.15, 0.2) is 5.82 Å². The minimum Gasteiger partial charge on any atom is -0.324 e. The number of nitrogens with one attached hydrogen (secondary N) is 1. The zero-order valence-electron chi connectivity index (χ0n) is 15.6. The lowest BCUT2D eigenvalue weighted by atomic mass is 10.1. The number of anilines is 1. The Morgan fingerprint density at radius 3 is 2.92 bits per heavy atom. The molecular weight excluding hydrogens is 350 g/mol. The van der Waals surface area contributed by atoms with Crippen LogP contribution in [0.25, 0.3) is 5.69 Å². The first-order chi connectivity index (χ1) is 12.5. The number of urea groups is 1. The number of rotatable bonds is 5. The van der Waals surface area contributed by atoms with Gasteiger partial charge < -0.3 is 9.80 Å². The Labute approximate surface area is 159 Å². The van der Waals surface area contributed by atoms with Gasteiger partial charge in [0.2, 0.25) is 0 Å². The van der Waals surface area contributed by atoms with Gasteiger partial charge in [-0.05, 0) is 45.0 Å². The SMILES string of the molecule is CCN(C)CC1CCN(C(=O)Nc2cc(C)n(-c3ccccc3Cl)n2)C1. The largest absolute Gasteiger partial charge is 0.324 e. The second-order valence-corrected chi connectivity index (χ2v) is 7.33. The number of nitrogens with zero attached hydrogens (tertiary/aromatic N) is 4. The fourth-order valence-corrected chi connectivity index (χ4v) is 3.54. The molecule has 0 spiro atoms. The predicted octanol–water partition coefficient (Wildman–Crippen LogP) is 3.64. The van der Waals surface area contributed by atoms with E-state index in [0.717, 1.165) is 44.0 Å². The summed E-state index contributed by atoms with van der Waals surface area (Å²) in [5.74, 6) is 1.08. The average molecular weight is 376 g/mol. The van der Waals surface area contributed by atoms with Crippen molar-refractivity contribution in [1.82, 2.24) is 19.6 Å². The minimum absolute atomic E-state index is 0.0875. The summed E-state index contributed by atoms with van der Waals surface area (Å²) in [6, 6.07) is 9.30. The quantitative estimate of drug-likeness (QED) is 0.868. The molecule has 26 heavy (non-hydrogen) atoms. The summed E-state index contributed by atoms with van der Waals surface area (Å²) < 4.78 is 1.75. The number of amides is 2. The predicted molar refractivity (Wildman–Crippen MR) is 105 cm³/mol. The molecule has 2 heterocycles. The van der Waals surface area contributed by atoms with E-state index >= 15 is 0 Å². The third-order valence-corrected chi connectivity index (χ3v) is 5.21. The third-order valence-electron chi connectivity index (χ3n) is 4.89. The summed E-state index contributed by atoms with van der Waals surface area (Å²) in [7, 11) is 2.12. The molecule has 1 saturated heterocycles. The maximum absolute atomic E-state index is 12.6. The van der Waals surface area contributed by atoms with E-state index in [2.05, 4.69) is 29.3 Å². The third kappa shape index (κ3) is 4.19. The van der Waals surface area contributed by atoms with Crippen LogP contribution >= 0.6 is 11.6 Å². The van der Waals surface area contributed by atoms with Gasteiger partial charge in [-0.25, -0.2) is 9.48 Å². The summed E-state index contributed by atoms with van der Waals surface area (Å²) in [5.41, 5.74) is 1.72.